The average molecular weight is 654 g/mol. The largest absolute Gasteiger partial charge is 0.467 e. The Labute approximate surface area is 271 Å². The summed E-state index contributed by atoms with van der Waals surface area (Å²) < 4.78 is 19.7. The predicted octanol–water partition coefficient (Wildman–Crippen LogP) is 6.08. The lowest BCUT2D eigenvalue weighted by atomic mass is 9.90. The molecule has 1 aromatic heterocycles. The van der Waals surface area contributed by atoms with E-state index >= 15 is 0 Å². The van der Waals surface area contributed by atoms with Gasteiger partial charge >= 0.3 is 12.0 Å². The number of halogens is 2. The highest BCUT2D eigenvalue weighted by Crippen LogP contribution is 2.42. The number of nitrogens with zero attached hydrogens (tertiary/aromatic N) is 2. The second-order valence-corrected chi connectivity index (χ2v) is 11.5. The quantitative estimate of drug-likeness (QED) is 0.177. The highest BCUT2D eigenvalue weighted by Gasteiger charge is 2.39. The molecule has 2 amide bonds. The van der Waals surface area contributed by atoms with Crippen molar-refractivity contribution >= 4 is 40.9 Å². The second kappa shape index (κ2) is 14.9. The molecule has 0 radical (unpaired) electrons. The Morgan fingerprint density at radius 2 is 1.76 bits per heavy atom. The smallest absolute Gasteiger partial charge is 0.328 e. The molecule has 45 heavy (non-hydrogen) atoms. The van der Waals surface area contributed by atoms with Gasteiger partial charge < -0.3 is 34.5 Å². The number of nitrogens with one attached hydrogen (secondary N) is 2. The van der Waals surface area contributed by atoms with Crippen molar-refractivity contribution in [2.24, 2.45) is 5.92 Å². The summed E-state index contributed by atoms with van der Waals surface area (Å²) in [6.07, 6.45) is 0.332. The molecule has 1 aliphatic heterocycles. The minimum Gasteiger partial charge on any atom is -0.467 e. The molecule has 0 bridgehead atoms. The fourth-order valence-corrected chi connectivity index (χ4v) is 5.58. The van der Waals surface area contributed by atoms with Gasteiger partial charge in [0.15, 0.2) is 11.4 Å². The number of anilines is 1. The number of rotatable bonds is 10. The number of aromatic nitrogens is 2. The van der Waals surface area contributed by atoms with Crippen molar-refractivity contribution in [1.82, 2.24) is 14.9 Å². The molecule has 0 aliphatic carbocycles. The van der Waals surface area contributed by atoms with E-state index in [2.05, 4.69) is 15.6 Å². The molecule has 4 aromatic rings. The molecule has 3 N–H and O–H groups in total. The van der Waals surface area contributed by atoms with Gasteiger partial charge in [-0.3, -0.25) is 0 Å². The fourth-order valence-electron chi connectivity index (χ4n) is 5.27. The van der Waals surface area contributed by atoms with Gasteiger partial charge in [-0.2, -0.15) is 0 Å². The molecule has 236 valence electrons. The summed E-state index contributed by atoms with van der Waals surface area (Å²) in [6, 6.07) is 22.6. The number of aliphatic hydroxyl groups is 1. The molecule has 1 aliphatic rings. The van der Waals surface area contributed by atoms with Gasteiger partial charge in [-0.15, -0.1) is 0 Å². The Balaban J connectivity index is 1.35. The van der Waals surface area contributed by atoms with E-state index in [1.54, 1.807) is 29.1 Å². The van der Waals surface area contributed by atoms with Crippen molar-refractivity contribution in [3.05, 3.63) is 118 Å². The number of hydrogen-bond donors (Lipinski definition) is 3. The van der Waals surface area contributed by atoms with E-state index in [9.17, 15) is 14.7 Å². The normalized spacial score (nSPS) is 20.3. The van der Waals surface area contributed by atoms with Crippen molar-refractivity contribution < 1.29 is 28.9 Å². The minimum atomic E-state index is -0.880. The Morgan fingerprint density at radius 3 is 2.42 bits per heavy atom. The van der Waals surface area contributed by atoms with Gasteiger partial charge in [-0.25, -0.2) is 14.6 Å². The van der Waals surface area contributed by atoms with Crippen molar-refractivity contribution in [3.8, 4) is 0 Å². The Hall–Kier alpha value is -3.93. The van der Waals surface area contributed by atoms with Crippen LogP contribution in [0, 0.1) is 5.92 Å². The number of imidazole rings is 1. The summed E-state index contributed by atoms with van der Waals surface area (Å²) in [5, 5.41) is 15.6. The van der Waals surface area contributed by atoms with Crippen LogP contribution in [0.4, 0.5) is 10.5 Å². The van der Waals surface area contributed by atoms with Gasteiger partial charge in [0.25, 0.3) is 0 Å². The van der Waals surface area contributed by atoms with Crippen LogP contribution in [0.3, 0.4) is 0 Å². The molecule has 2 heterocycles. The summed E-state index contributed by atoms with van der Waals surface area (Å²) in [5.41, 5.74) is 3.75. The number of urea groups is 1. The lowest BCUT2D eigenvalue weighted by Crippen LogP contribution is -2.45. The fraction of sp³-hybridized carbons (Fsp3) is 0.303. The van der Waals surface area contributed by atoms with Crippen LogP contribution < -0.4 is 10.6 Å². The molecule has 1 fully saturated rings. The molecule has 5 rings (SSSR count). The number of methoxy groups -OCH3 is 1. The summed E-state index contributed by atoms with van der Waals surface area (Å²) in [6.45, 7) is 2.35. The minimum absolute atomic E-state index is 0.0599. The number of ether oxygens (including phenoxy) is 3. The van der Waals surface area contributed by atoms with Gasteiger partial charge in [0.2, 0.25) is 0 Å². The first kappa shape index (κ1) is 32.5. The van der Waals surface area contributed by atoms with E-state index in [-0.39, 0.29) is 36.3 Å². The molecule has 10 nitrogen and oxygen atoms in total. The van der Waals surface area contributed by atoms with Crippen LogP contribution in [0.15, 0.2) is 85.2 Å². The molecule has 5 atom stereocenters. The van der Waals surface area contributed by atoms with Gasteiger partial charge in [-0.1, -0.05) is 96.9 Å². The maximum atomic E-state index is 13.0. The molecule has 0 unspecified atom stereocenters. The highest BCUT2D eigenvalue weighted by molar-refractivity contribution is 6.40. The van der Waals surface area contributed by atoms with Crippen molar-refractivity contribution in [2.45, 2.75) is 51.0 Å². The zero-order valence-corrected chi connectivity index (χ0v) is 26.2. The molecule has 0 spiro atoms. The summed E-state index contributed by atoms with van der Waals surface area (Å²) in [5.74, 6) is -0.658. The van der Waals surface area contributed by atoms with E-state index in [4.69, 9.17) is 37.4 Å². The van der Waals surface area contributed by atoms with Crippen LogP contribution in [0.1, 0.15) is 41.6 Å². The Morgan fingerprint density at radius 1 is 1.00 bits per heavy atom. The van der Waals surface area contributed by atoms with Gasteiger partial charge in [0.05, 0.1) is 38.8 Å². The Kier molecular flexibility index (Phi) is 10.7. The number of carbonyl (C=O) groups excluding carboxylic acids is 2. The first-order valence-electron chi connectivity index (χ1n) is 14.4. The van der Waals surface area contributed by atoms with Gasteiger partial charge in [0, 0.05) is 23.6 Å². The standard InChI is InChI=1S/C33H34Cl2N4O6/c1-20-27(17-39-19-36-29(34)30(39)35)44-32(45-28(20)23-13-11-22(18-40)12-14-23)24-9-6-10-25(16-24)37-33(42)38-26(31(41)43-2)15-21-7-4-3-5-8-21/h3-14,16,19-20,26-28,32,40H,15,17-18H2,1-2H3,(H2,37,38,42)/t20-,26+,27+,28+,32+/m1/s1. The zero-order chi connectivity index (χ0) is 31.9. The lowest BCUT2D eigenvalue weighted by molar-refractivity contribution is -0.276. The maximum Gasteiger partial charge on any atom is 0.328 e. The van der Waals surface area contributed by atoms with Crippen molar-refractivity contribution in [3.63, 3.8) is 0 Å². The zero-order valence-electron chi connectivity index (χ0n) is 24.7. The number of aliphatic hydroxyl groups excluding tert-OH is 1. The van der Waals surface area contributed by atoms with Gasteiger partial charge in [-0.05, 0) is 28.8 Å². The van der Waals surface area contributed by atoms with Crippen LogP contribution in [0.2, 0.25) is 10.3 Å². The number of benzene rings is 3. The van der Waals surface area contributed by atoms with Gasteiger partial charge in [0.1, 0.15) is 11.2 Å². The topological polar surface area (TPSA) is 124 Å². The number of carbonyl (C=O) groups is 2. The summed E-state index contributed by atoms with van der Waals surface area (Å²) >= 11 is 12.5. The predicted molar refractivity (Wildman–Crippen MR) is 170 cm³/mol. The number of hydrogen-bond acceptors (Lipinski definition) is 7. The Bertz CT molecular complexity index is 1600. The summed E-state index contributed by atoms with van der Waals surface area (Å²) in [4.78, 5) is 29.5. The second-order valence-electron chi connectivity index (χ2n) is 10.8. The molecule has 1 saturated heterocycles. The molecule has 0 saturated carbocycles. The first-order valence-corrected chi connectivity index (χ1v) is 15.2. The third-order valence-electron chi connectivity index (χ3n) is 7.72. The van der Waals surface area contributed by atoms with E-state index < -0.39 is 24.3 Å². The number of esters is 1. The van der Waals surface area contributed by atoms with Crippen LogP contribution in [0.5, 0.6) is 0 Å². The third kappa shape index (κ3) is 8.02. The maximum absolute atomic E-state index is 13.0. The molecule has 12 heteroatoms. The van der Waals surface area contributed by atoms with E-state index in [0.29, 0.717) is 22.9 Å². The van der Waals surface area contributed by atoms with E-state index in [1.165, 1.54) is 7.11 Å². The van der Waals surface area contributed by atoms with Crippen LogP contribution >= 0.6 is 23.2 Å². The van der Waals surface area contributed by atoms with Crippen LogP contribution in [-0.2, 0) is 38.6 Å². The van der Waals surface area contributed by atoms with Crippen LogP contribution in [0.25, 0.3) is 0 Å². The molecule has 3 aromatic carbocycles. The van der Waals surface area contributed by atoms with Crippen molar-refractivity contribution in [1.29, 1.82) is 0 Å². The van der Waals surface area contributed by atoms with Crippen LogP contribution in [-0.4, -0.2) is 45.9 Å². The van der Waals surface area contributed by atoms with Crippen molar-refractivity contribution in [2.75, 3.05) is 12.4 Å². The summed E-state index contributed by atoms with van der Waals surface area (Å²) in [7, 11) is 1.28. The third-order valence-corrected chi connectivity index (χ3v) is 8.49. The first-order chi connectivity index (χ1) is 21.7. The monoisotopic (exact) mass is 652 g/mol. The average Bonchev–Trinajstić information content (AvgIpc) is 3.37. The highest BCUT2D eigenvalue weighted by atomic mass is 35.5. The molecular formula is C33H34Cl2N4O6. The number of amides is 2. The molecular weight excluding hydrogens is 619 g/mol. The SMILES string of the molecule is COC(=O)[C@H](Cc1ccccc1)NC(=O)Nc1cccc([C@H]2O[C@@H](Cn3cnc(Cl)c3Cl)[C@@H](C)[C@@H](c3ccc(CO)cc3)O2)c1. The van der Waals surface area contributed by atoms with E-state index in [1.807, 2.05) is 67.6 Å². The van der Waals surface area contributed by atoms with E-state index in [0.717, 1.165) is 16.7 Å². The lowest BCUT2D eigenvalue weighted by Gasteiger charge is -2.41.